The lowest BCUT2D eigenvalue weighted by molar-refractivity contribution is 0.0511. The largest absolute Gasteiger partial charge is 0.380 e. The first-order valence-corrected chi connectivity index (χ1v) is 7.73. The maximum absolute atomic E-state index is 13.6. The number of methoxy groups -OCH3 is 1. The first-order valence-electron chi connectivity index (χ1n) is 7.35. The van der Waals surface area contributed by atoms with Crippen molar-refractivity contribution in [3.63, 3.8) is 0 Å². The van der Waals surface area contributed by atoms with Crippen molar-refractivity contribution in [2.45, 2.75) is 44.8 Å². The SMILES string of the molecule is CCCNC(Cc1ccc(Cl)c(F)c1)C(OC)C1CC1. The van der Waals surface area contributed by atoms with E-state index in [1.54, 1.807) is 13.2 Å². The Labute approximate surface area is 125 Å². The summed E-state index contributed by atoms with van der Waals surface area (Å²) in [7, 11) is 1.77. The van der Waals surface area contributed by atoms with Crippen molar-refractivity contribution < 1.29 is 9.13 Å². The number of nitrogens with one attached hydrogen (secondary N) is 1. The van der Waals surface area contributed by atoms with E-state index in [4.69, 9.17) is 16.3 Å². The molecule has 0 radical (unpaired) electrons. The van der Waals surface area contributed by atoms with Gasteiger partial charge >= 0.3 is 0 Å². The summed E-state index contributed by atoms with van der Waals surface area (Å²) in [5, 5.41) is 3.72. The molecule has 0 amide bonds. The third-order valence-corrected chi connectivity index (χ3v) is 4.16. The summed E-state index contributed by atoms with van der Waals surface area (Å²) in [4.78, 5) is 0. The molecule has 1 aliphatic rings. The van der Waals surface area contributed by atoms with Gasteiger partial charge in [0.1, 0.15) is 5.82 Å². The zero-order chi connectivity index (χ0) is 14.5. The second-order valence-electron chi connectivity index (χ2n) is 5.55. The van der Waals surface area contributed by atoms with Crippen molar-refractivity contribution in [1.82, 2.24) is 5.32 Å². The Morgan fingerprint density at radius 3 is 2.75 bits per heavy atom. The molecule has 112 valence electrons. The van der Waals surface area contributed by atoms with Crippen LogP contribution in [0.3, 0.4) is 0 Å². The van der Waals surface area contributed by atoms with Gasteiger partial charge in [0.2, 0.25) is 0 Å². The van der Waals surface area contributed by atoms with Gasteiger partial charge in [-0.1, -0.05) is 24.6 Å². The van der Waals surface area contributed by atoms with Crippen LogP contribution in [-0.2, 0) is 11.2 Å². The number of hydrogen-bond donors (Lipinski definition) is 1. The molecule has 0 aliphatic heterocycles. The van der Waals surface area contributed by atoms with Gasteiger partial charge < -0.3 is 10.1 Å². The second kappa shape index (κ2) is 7.39. The van der Waals surface area contributed by atoms with Crippen LogP contribution in [0, 0.1) is 11.7 Å². The average molecular weight is 300 g/mol. The minimum absolute atomic E-state index is 0.178. The molecular formula is C16H23ClFNO. The molecule has 1 aromatic rings. The van der Waals surface area contributed by atoms with E-state index in [0.29, 0.717) is 5.92 Å². The summed E-state index contributed by atoms with van der Waals surface area (Å²) in [6.45, 7) is 3.10. The van der Waals surface area contributed by atoms with Crippen LogP contribution >= 0.6 is 11.6 Å². The highest BCUT2D eigenvalue weighted by Crippen LogP contribution is 2.36. The van der Waals surface area contributed by atoms with Crippen LogP contribution in [-0.4, -0.2) is 25.8 Å². The molecule has 0 saturated heterocycles. The topological polar surface area (TPSA) is 21.3 Å². The van der Waals surface area contributed by atoms with Crippen LogP contribution in [0.2, 0.25) is 5.02 Å². The molecule has 1 aromatic carbocycles. The van der Waals surface area contributed by atoms with Gasteiger partial charge in [-0.15, -0.1) is 0 Å². The summed E-state index contributed by atoms with van der Waals surface area (Å²) in [6, 6.07) is 5.28. The summed E-state index contributed by atoms with van der Waals surface area (Å²) in [5.74, 6) is 0.297. The van der Waals surface area contributed by atoms with Crippen LogP contribution in [0.1, 0.15) is 31.7 Å². The Morgan fingerprint density at radius 1 is 1.45 bits per heavy atom. The molecule has 2 atom stereocenters. The molecule has 2 unspecified atom stereocenters. The van der Waals surface area contributed by atoms with Crippen LogP contribution in [0.15, 0.2) is 18.2 Å². The van der Waals surface area contributed by atoms with Crippen molar-refractivity contribution in [2.24, 2.45) is 5.92 Å². The predicted molar refractivity (Wildman–Crippen MR) is 80.7 cm³/mol. The zero-order valence-corrected chi connectivity index (χ0v) is 12.9. The van der Waals surface area contributed by atoms with Crippen LogP contribution < -0.4 is 5.32 Å². The minimum atomic E-state index is -0.348. The summed E-state index contributed by atoms with van der Waals surface area (Å²) < 4.78 is 19.2. The molecule has 20 heavy (non-hydrogen) atoms. The molecule has 4 heteroatoms. The van der Waals surface area contributed by atoms with Crippen LogP contribution in [0.5, 0.6) is 0 Å². The monoisotopic (exact) mass is 299 g/mol. The van der Waals surface area contributed by atoms with E-state index in [-0.39, 0.29) is 23.0 Å². The van der Waals surface area contributed by atoms with Crippen molar-refractivity contribution in [1.29, 1.82) is 0 Å². The van der Waals surface area contributed by atoms with Crippen molar-refractivity contribution in [3.05, 3.63) is 34.6 Å². The van der Waals surface area contributed by atoms with Gasteiger partial charge in [-0.05, 0) is 55.8 Å². The molecule has 2 nitrogen and oxygen atoms in total. The van der Waals surface area contributed by atoms with E-state index in [2.05, 4.69) is 12.2 Å². The van der Waals surface area contributed by atoms with Gasteiger partial charge in [-0.3, -0.25) is 0 Å². The molecule has 2 rings (SSSR count). The molecular weight excluding hydrogens is 277 g/mol. The Balaban J connectivity index is 2.07. The Kier molecular flexibility index (Phi) is 5.82. The molecule has 1 N–H and O–H groups in total. The minimum Gasteiger partial charge on any atom is -0.380 e. The lowest BCUT2D eigenvalue weighted by atomic mass is 9.98. The lowest BCUT2D eigenvalue weighted by Crippen LogP contribution is -2.44. The van der Waals surface area contributed by atoms with Crippen molar-refractivity contribution in [3.8, 4) is 0 Å². The molecule has 0 aromatic heterocycles. The number of benzene rings is 1. The molecule has 1 saturated carbocycles. The van der Waals surface area contributed by atoms with E-state index < -0.39 is 0 Å². The van der Waals surface area contributed by atoms with Gasteiger partial charge in [-0.2, -0.15) is 0 Å². The Morgan fingerprint density at radius 2 is 2.20 bits per heavy atom. The number of ether oxygens (including phenoxy) is 1. The van der Waals surface area contributed by atoms with Crippen molar-refractivity contribution in [2.75, 3.05) is 13.7 Å². The smallest absolute Gasteiger partial charge is 0.142 e. The van der Waals surface area contributed by atoms with Gasteiger partial charge in [0.25, 0.3) is 0 Å². The zero-order valence-electron chi connectivity index (χ0n) is 12.2. The van der Waals surface area contributed by atoms with Crippen LogP contribution in [0.25, 0.3) is 0 Å². The normalized spacial score (nSPS) is 18.0. The number of hydrogen-bond acceptors (Lipinski definition) is 2. The average Bonchev–Trinajstić information content (AvgIpc) is 3.25. The molecule has 0 heterocycles. The van der Waals surface area contributed by atoms with E-state index in [1.807, 2.05) is 6.07 Å². The fourth-order valence-corrected chi connectivity index (χ4v) is 2.78. The number of halogens is 2. The standard InChI is InChI=1S/C16H23ClFNO/c1-3-8-19-15(16(20-2)12-5-6-12)10-11-4-7-13(17)14(18)9-11/h4,7,9,12,15-16,19H,3,5-6,8,10H2,1-2H3. The quantitative estimate of drug-likeness (QED) is 0.788. The Bertz CT molecular complexity index is 436. The summed E-state index contributed by atoms with van der Waals surface area (Å²) in [6.07, 6.45) is 4.52. The molecule has 0 spiro atoms. The third-order valence-electron chi connectivity index (χ3n) is 3.85. The highest BCUT2D eigenvalue weighted by atomic mass is 35.5. The lowest BCUT2D eigenvalue weighted by Gasteiger charge is -2.27. The van der Waals surface area contributed by atoms with Crippen LogP contribution in [0.4, 0.5) is 4.39 Å². The maximum Gasteiger partial charge on any atom is 0.142 e. The fourth-order valence-electron chi connectivity index (χ4n) is 2.66. The maximum atomic E-state index is 13.6. The van der Waals surface area contributed by atoms with E-state index in [1.165, 1.54) is 18.9 Å². The number of rotatable bonds is 8. The third kappa shape index (κ3) is 4.18. The first kappa shape index (κ1) is 15.7. The second-order valence-corrected chi connectivity index (χ2v) is 5.96. The highest BCUT2D eigenvalue weighted by Gasteiger charge is 2.36. The van der Waals surface area contributed by atoms with Gasteiger partial charge in [-0.25, -0.2) is 4.39 Å². The fraction of sp³-hybridized carbons (Fsp3) is 0.625. The van der Waals surface area contributed by atoms with E-state index in [9.17, 15) is 4.39 Å². The first-order chi connectivity index (χ1) is 9.65. The van der Waals surface area contributed by atoms with E-state index in [0.717, 1.165) is 24.9 Å². The van der Waals surface area contributed by atoms with Gasteiger partial charge in [0.15, 0.2) is 0 Å². The molecule has 1 fully saturated rings. The van der Waals surface area contributed by atoms with Gasteiger partial charge in [0, 0.05) is 13.2 Å². The van der Waals surface area contributed by atoms with Gasteiger partial charge in [0.05, 0.1) is 11.1 Å². The van der Waals surface area contributed by atoms with Crippen molar-refractivity contribution >= 4 is 11.6 Å². The predicted octanol–water partition coefficient (Wildman–Crippen LogP) is 3.81. The highest BCUT2D eigenvalue weighted by molar-refractivity contribution is 6.30. The molecule has 0 bridgehead atoms. The summed E-state index contributed by atoms with van der Waals surface area (Å²) >= 11 is 5.74. The molecule has 1 aliphatic carbocycles. The summed E-state index contributed by atoms with van der Waals surface area (Å²) in [5.41, 5.74) is 0.961. The van der Waals surface area contributed by atoms with E-state index >= 15 is 0 Å². The Hall–Kier alpha value is -0.640.